The number of carbonyl (C=O) groups excluding carboxylic acids is 1. The average molecular weight is 391 g/mol. The average Bonchev–Trinajstić information content (AvgIpc) is 3.11. The van der Waals surface area contributed by atoms with Crippen LogP contribution in [0.15, 0.2) is 48.5 Å². The van der Waals surface area contributed by atoms with Crippen LogP contribution >= 0.6 is 0 Å². The molecule has 1 unspecified atom stereocenters. The van der Waals surface area contributed by atoms with Gasteiger partial charge in [0.1, 0.15) is 0 Å². The van der Waals surface area contributed by atoms with Crippen molar-refractivity contribution >= 4 is 16.9 Å². The second-order valence-corrected chi connectivity index (χ2v) is 6.37. The Kier molecular flexibility index (Phi) is 5.99. The van der Waals surface area contributed by atoms with Gasteiger partial charge >= 0.3 is 6.18 Å². The molecule has 0 spiro atoms. The number of methoxy groups -OCH3 is 1. The number of ether oxygens (including phenoxy) is 1. The number of halogens is 3. The van der Waals surface area contributed by atoms with Gasteiger partial charge in [0.05, 0.1) is 17.1 Å². The standard InChI is InChI=1S/C20H20F3N3O2/c1-28-11-5-8-17(27)26-18(13-6-3-2-4-7-13)14-9-10-15-16(12-14)25-19(24-15)20(21,22)23/h2-4,6-7,9-10,12,18H,5,8,11H2,1H3,(H,24,25)(H,26,27). The maximum absolute atomic E-state index is 12.9. The number of rotatable bonds is 7. The molecule has 0 saturated carbocycles. The summed E-state index contributed by atoms with van der Waals surface area (Å²) in [6.07, 6.45) is -3.67. The van der Waals surface area contributed by atoms with Crippen LogP contribution in [0.3, 0.4) is 0 Å². The highest BCUT2D eigenvalue weighted by atomic mass is 19.4. The minimum Gasteiger partial charge on any atom is -0.385 e. The topological polar surface area (TPSA) is 67.0 Å². The first kappa shape index (κ1) is 19.9. The quantitative estimate of drug-likeness (QED) is 0.593. The minimum atomic E-state index is -4.55. The van der Waals surface area contributed by atoms with E-state index in [0.29, 0.717) is 25.0 Å². The number of carbonyl (C=O) groups is 1. The molecule has 0 saturated heterocycles. The summed E-state index contributed by atoms with van der Waals surface area (Å²) >= 11 is 0. The first-order chi connectivity index (χ1) is 13.4. The number of fused-ring (bicyclic) bond motifs is 1. The SMILES string of the molecule is COCCCC(=O)NC(c1ccccc1)c1ccc2nc(C(F)(F)F)[nH]c2c1. The van der Waals surface area contributed by atoms with Crippen LogP contribution in [0.1, 0.15) is 35.8 Å². The molecule has 3 rings (SSSR count). The first-order valence-electron chi connectivity index (χ1n) is 8.78. The molecule has 148 valence electrons. The van der Waals surface area contributed by atoms with Gasteiger partial charge in [-0.15, -0.1) is 0 Å². The third kappa shape index (κ3) is 4.69. The zero-order chi connectivity index (χ0) is 20.1. The molecule has 8 heteroatoms. The Morgan fingerprint density at radius 3 is 2.61 bits per heavy atom. The summed E-state index contributed by atoms with van der Waals surface area (Å²) in [5.41, 5.74) is 1.97. The number of benzene rings is 2. The summed E-state index contributed by atoms with van der Waals surface area (Å²) in [6, 6.07) is 13.6. The Labute approximate surface area is 159 Å². The van der Waals surface area contributed by atoms with Crippen LogP contribution in [0.5, 0.6) is 0 Å². The molecule has 0 aliphatic heterocycles. The summed E-state index contributed by atoms with van der Waals surface area (Å²) in [5.74, 6) is -1.20. The number of aromatic amines is 1. The van der Waals surface area contributed by atoms with E-state index < -0.39 is 18.0 Å². The van der Waals surface area contributed by atoms with Crippen LogP contribution in [0.2, 0.25) is 0 Å². The molecule has 28 heavy (non-hydrogen) atoms. The van der Waals surface area contributed by atoms with Crippen molar-refractivity contribution in [2.24, 2.45) is 0 Å². The third-order valence-electron chi connectivity index (χ3n) is 4.30. The van der Waals surface area contributed by atoms with E-state index in [1.165, 1.54) is 6.07 Å². The van der Waals surface area contributed by atoms with E-state index >= 15 is 0 Å². The lowest BCUT2D eigenvalue weighted by Crippen LogP contribution is -2.29. The Balaban J connectivity index is 1.92. The van der Waals surface area contributed by atoms with E-state index in [1.807, 2.05) is 30.3 Å². The number of nitrogens with zero attached hydrogens (tertiary/aromatic N) is 1. The van der Waals surface area contributed by atoms with E-state index in [0.717, 1.165) is 5.56 Å². The number of hydrogen-bond acceptors (Lipinski definition) is 3. The smallest absolute Gasteiger partial charge is 0.385 e. The largest absolute Gasteiger partial charge is 0.449 e. The fourth-order valence-electron chi connectivity index (χ4n) is 2.96. The monoisotopic (exact) mass is 391 g/mol. The summed E-state index contributed by atoms with van der Waals surface area (Å²) in [5, 5.41) is 2.96. The molecular formula is C20H20F3N3O2. The zero-order valence-corrected chi connectivity index (χ0v) is 15.2. The fraction of sp³-hybridized carbons (Fsp3) is 0.300. The number of aromatic nitrogens is 2. The lowest BCUT2D eigenvalue weighted by molar-refractivity contribution is -0.144. The highest BCUT2D eigenvalue weighted by Crippen LogP contribution is 2.30. The van der Waals surface area contributed by atoms with E-state index in [9.17, 15) is 18.0 Å². The Hall–Kier alpha value is -2.87. The van der Waals surface area contributed by atoms with Gasteiger partial charge in [-0.1, -0.05) is 36.4 Å². The van der Waals surface area contributed by atoms with Crippen LogP contribution in [0.25, 0.3) is 11.0 Å². The molecule has 1 heterocycles. The minimum absolute atomic E-state index is 0.161. The summed E-state index contributed by atoms with van der Waals surface area (Å²) in [6.45, 7) is 0.476. The van der Waals surface area contributed by atoms with Crippen molar-refractivity contribution in [3.05, 3.63) is 65.5 Å². The molecule has 3 aromatic rings. The molecule has 0 bridgehead atoms. The van der Waals surface area contributed by atoms with Crippen molar-refractivity contribution < 1.29 is 22.7 Å². The second kappa shape index (κ2) is 8.43. The van der Waals surface area contributed by atoms with Gasteiger partial charge in [-0.2, -0.15) is 13.2 Å². The van der Waals surface area contributed by atoms with Gasteiger partial charge in [-0.3, -0.25) is 4.79 Å². The molecule has 0 fully saturated rings. The van der Waals surface area contributed by atoms with Crippen molar-refractivity contribution in [1.82, 2.24) is 15.3 Å². The Bertz CT molecular complexity index is 939. The summed E-state index contributed by atoms with van der Waals surface area (Å²) in [4.78, 5) is 18.2. The Morgan fingerprint density at radius 2 is 1.93 bits per heavy atom. The molecule has 0 aliphatic rings. The maximum Gasteiger partial charge on any atom is 0.449 e. The van der Waals surface area contributed by atoms with Crippen molar-refractivity contribution in [2.45, 2.75) is 25.1 Å². The molecule has 1 atom stereocenters. The van der Waals surface area contributed by atoms with Crippen LogP contribution in [0, 0.1) is 0 Å². The predicted octanol–water partition coefficient (Wildman–Crippen LogP) is 4.21. The van der Waals surface area contributed by atoms with E-state index in [-0.39, 0.29) is 16.9 Å². The summed E-state index contributed by atoms with van der Waals surface area (Å²) < 4.78 is 43.7. The number of hydrogen-bond donors (Lipinski definition) is 2. The van der Waals surface area contributed by atoms with Crippen LogP contribution in [0.4, 0.5) is 13.2 Å². The number of imidazole rings is 1. The van der Waals surface area contributed by atoms with Gasteiger partial charge < -0.3 is 15.0 Å². The molecule has 0 aliphatic carbocycles. The van der Waals surface area contributed by atoms with Crippen molar-refractivity contribution in [3.8, 4) is 0 Å². The molecule has 1 amide bonds. The number of alkyl halides is 3. The van der Waals surface area contributed by atoms with Gasteiger partial charge in [-0.05, 0) is 29.7 Å². The zero-order valence-electron chi connectivity index (χ0n) is 15.2. The highest BCUT2D eigenvalue weighted by Gasteiger charge is 2.34. The molecule has 5 nitrogen and oxygen atoms in total. The van der Waals surface area contributed by atoms with Crippen LogP contribution in [-0.2, 0) is 15.7 Å². The highest BCUT2D eigenvalue weighted by molar-refractivity contribution is 5.79. The fourth-order valence-corrected chi connectivity index (χ4v) is 2.96. The third-order valence-corrected chi connectivity index (χ3v) is 4.30. The van der Waals surface area contributed by atoms with Crippen molar-refractivity contribution in [3.63, 3.8) is 0 Å². The van der Waals surface area contributed by atoms with Crippen LogP contribution in [-0.4, -0.2) is 29.6 Å². The first-order valence-corrected chi connectivity index (χ1v) is 8.78. The van der Waals surface area contributed by atoms with Crippen LogP contribution < -0.4 is 5.32 Å². The normalized spacial score (nSPS) is 12.9. The van der Waals surface area contributed by atoms with Crippen molar-refractivity contribution in [1.29, 1.82) is 0 Å². The number of amides is 1. The molecular weight excluding hydrogens is 371 g/mol. The molecule has 2 N–H and O–H groups in total. The number of nitrogens with one attached hydrogen (secondary N) is 2. The lowest BCUT2D eigenvalue weighted by atomic mass is 9.98. The lowest BCUT2D eigenvalue weighted by Gasteiger charge is -2.20. The number of H-pyrrole nitrogens is 1. The second-order valence-electron chi connectivity index (χ2n) is 6.37. The van der Waals surface area contributed by atoms with E-state index in [1.54, 1.807) is 19.2 Å². The Morgan fingerprint density at radius 1 is 1.18 bits per heavy atom. The maximum atomic E-state index is 12.9. The van der Waals surface area contributed by atoms with Gasteiger partial charge in [0.2, 0.25) is 11.7 Å². The van der Waals surface area contributed by atoms with Gasteiger partial charge in [0, 0.05) is 20.1 Å². The molecule has 0 radical (unpaired) electrons. The molecule has 1 aromatic heterocycles. The van der Waals surface area contributed by atoms with E-state index in [4.69, 9.17) is 4.74 Å². The van der Waals surface area contributed by atoms with E-state index in [2.05, 4.69) is 15.3 Å². The van der Waals surface area contributed by atoms with Gasteiger partial charge in [-0.25, -0.2) is 4.98 Å². The molecule has 2 aromatic carbocycles. The summed E-state index contributed by atoms with van der Waals surface area (Å²) in [7, 11) is 1.57. The predicted molar refractivity (Wildman–Crippen MR) is 98.6 cm³/mol. The van der Waals surface area contributed by atoms with Gasteiger partial charge in [0.25, 0.3) is 0 Å². The van der Waals surface area contributed by atoms with Gasteiger partial charge in [0.15, 0.2) is 0 Å². The van der Waals surface area contributed by atoms with Crippen molar-refractivity contribution in [2.75, 3.05) is 13.7 Å².